The van der Waals surface area contributed by atoms with Crippen molar-refractivity contribution < 1.29 is 26.0 Å². The van der Waals surface area contributed by atoms with Gasteiger partial charge in [0.05, 0.1) is 11.9 Å². The first kappa shape index (κ1) is 25.4. The van der Waals surface area contributed by atoms with Crippen molar-refractivity contribution in [2.24, 2.45) is 0 Å². The van der Waals surface area contributed by atoms with E-state index < -0.39 is 28.6 Å². The molecule has 0 amide bonds. The summed E-state index contributed by atoms with van der Waals surface area (Å²) in [5, 5.41) is 3.26. The summed E-state index contributed by atoms with van der Waals surface area (Å²) in [6, 6.07) is 10.8. The van der Waals surface area contributed by atoms with Gasteiger partial charge in [0.15, 0.2) is 0 Å². The Hall–Kier alpha value is -1.84. The molecule has 0 aromatic heterocycles. The van der Waals surface area contributed by atoms with E-state index in [1.54, 1.807) is 12.1 Å². The highest BCUT2D eigenvalue weighted by molar-refractivity contribution is 7.92. The highest BCUT2D eigenvalue weighted by Gasteiger charge is 2.35. The largest absolute Gasteiger partial charge is 0.407 e. The van der Waals surface area contributed by atoms with Crippen molar-refractivity contribution in [3.05, 3.63) is 65.0 Å². The molecule has 10 heteroatoms. The predicted molar refractivity (Wildman–Crippen MR) is 116 cm³/mol. The van der Waals surface area contributed by atoms with Crippen LogP contribution in [0, 0.1) is 5.82 Å². The van der Waals surface area contributed by atoms with Crippen LogP contribution in [0.25, 0.3) is 0 Å². The molecule has 2 aromatic carbocycles. The minimum atomic E-state index is -4.71. The third-order valence-electron chi connectivity index (χ3n) is 5.25. The third kappa shape index (κ3) is 6.82. The average Bonchev–Trinajstić information content (AvgIpc) is 2.67. The molecule has 1 fully saturated rings. The molecule has 2 aromatic rings. The Kier molecular flexibility index (Phi) is 8.35. The summed E-state index contributed by atoms with van der Waals surface area (Å²) in [5.74, 6) is -0.169. The van der Waals surface area contributed by atoms with Crippen LogP contribution in [0.5, 0.6) is 0 Å². The first-order chi connectivity index (χ1) is 14.0. The minimum Gasteiger partial charge on any atom is -0.317 e. The quantitative estimate of drug-likeness (QED) is 0.613. The van der Waals surface area contributed by atoms with Crippen LogP contribution in [0.2, 0.25) is 0 Å². The summed E-state index contributed by atoms with van der Waals surface area (Å²) in [4.78, 5) is 0. The van der Waals surface area contributed by atoms with Gasteiger partial charge in [-0.2, -0.15) is 13.2 Å². The maximum Gasteiger partial charge on any atom is 0.407 e. The fourth-order valence-corrected chi connectivity index (χ4v) is 4.69. The van der Waals surface area contributed by atoms with Gasteiger partial charge in [0.2, 0.25) is 10.0 Å². The lowest BCUT2D eigenvalue weighted by Gasteiger charge is -2.26. The van der Waals surface area contributed by atoms with Crippen LogP contribution < -0.4 is 9.62 Å². The van der Waals surface area contributed by atoms with E-state index in [1.807, 2.05) is 6.07 Å². The van der Waals surface area contributed by atoms with Gasteiger partial charge in [0.25, 0.3) is 0 Å². The minimum absolute atomic E-state index is 0. The fourth-order valence-electron chi connectivity index (χ4n) is 3.77. The Morgan fingerprint density at radius 2 is 1.71 bits per heavy atom. The monoisotopic (exact) mass is 480 g/mol. The molecule has 31 heavy (non-hydrogen) atoms. The summed E-state index contributed by atoms with van der Waals surface area (Å²) >= 11 is 0. The Balaban J connectivity index is 0.00000341. The maximum atomic E-state index is 14.8. The van der Waals surface area contributed by atoms with Crippen molar-refractivity contribution in [3.8, 4) is 0 Å². The van der Waals surface area contributed by atoms with E-state index in [9.17, 15) is 26.0 Å². The molecule has 3 rings (SSSR count). The van der Waals surface area contributed by atoms with E-state index in [1.165, 1.54) is 24.3 Å². The van der Waals surface area contributed by atoms with E-state index >= 15 is 0 Å². The Labute approximate surface area is 186 Å². The summed E-state index contributed by atoms with van der Waals surface area (Å²) in [6.07, 6.45) is -2.16. The van der Waals surface area contributed by atoms with Gasteiger partial charge in [0.1, 0.15) is 12.4 Å². The number of para-hydroxylation sites is 1. The number of alkyl halides is 3. The molecule has 1 aliphatic rings. The number of nitrogens with one attached hydrogen (secondary N) is 1. The van der Waals surface area contributed by atoms with Crippen molar-refractivity contribution in [2.75, 3.05) is 30.2 Å². The van der Waals surface area contributed by atoms with E-state index in [0.29, 0.717) is 15.4 Å². The molecule has 0 radical (unpaired) electrons. The number of piperidine rings is 1. The third-order valence-corrected chi connectivity index (χ3v) is 6.38. The zero-order chi connectivity index (χ0) is 21.9. The molecular formula is C21H25ClF4N2O2S. The molecular weight excluding hydrogens is 456 g/mol. The number of halogens is 5. The summed E-state index contributed by atoms with van der Waals surface area (Å²) < 4.78 is 78.2. The number of hydrogen-bond donors (Lipinski definition) is 1. The number of hydrogen-bond acceptors (Lipinski definition) is 3. The Bertz CT molecular complexity index is 993. The number of anilines is 1. The summed E-state index contributed by atoms with van der Waals surface area (Å²) in [7, 11) is -4.18. The molecule has 1 N–H and O–H groups in total. The zero-order valence-electron chi connectivity index (χ0n) is 17.0. The Morgan fingerprint density at radius 3 is 2.29 bits per heavy atom. The summed E-state index contributed by atoms with van der Waals surface area (Å²) in [6.45, 7) is 0.115. The second-order valence-corrected chi connectivity index (χ2v) is 9.47. The highest BCUT2D eigenvalue weighted by Crippen LogP contribution is 2.31. The first-order valence-corrected chi connectivity index (χ1v) is 11.5. The van der Waals surface area contributed by atoms with Gasteiger partial charge in [-0.3, -0.25) is 4.31 Å². The van der Waals surface area contributed by atoms with Crippen LogP contribution in [0.3, 0.4) is 0 Å². The smallest absolute Gasteiger partial charge is 0.317 e. The molecule has 1 aliphatic heterocycles. The number of benzene rings is 2. The molecule has 1 saturated heterocycles. The highest BCUT2D eigenvalue weighted by atomic mass is 35.5. The molecule has 0 aliphatic carbocycles. The standard InChI is InChI=1S/C21H24F4N2O2S.ClH/c1-30(28,29)27(14-21(23,24)25)20-5-3-2-4-18(20)12-17-7-6-16(13-19(17)22)15-8-10-26-11-9-15;/h2-7,13,15,26H,8-12,14H2,1H3;1H. The second-order valence-electron chi connectivity index (χ2n) is 7.57. The number of nitrogens with zero attached hydrogens (tertiary/aromatic N) is 1. The number of rotatable bonds is 6. The molecule has 172 valence electrons. The van der Waals surface area contributed by atoms with Crippen molar-refractivity contribution in [2.45, 2.75) is 31.4 Å². The molecule has 0 unspecified atom stereocenters. The van der Waals surface area contributed by atoms with Crippen molar-refractivity contribution >= 4 is 28.1 Å². The van der Waals surface area contributed by atoms with Crippen LogP contribution in [-0.2, 0) is 16.4 Å². The normalized spacial score (nSPS) is 15.4. The average molecular weight is 481 g/mol. The van der Waals surface area contributed by atoms with E-state index in [2.05, 4.69) is 5.32 Å². The molecule has 0 saturated carbocycles. The van der Waals surface area contributed by atoms with Crippen molar-refractivity contribution in [3.63, 3.8) is 0 Å². The van der Waals surface area contributed by atoms with E-state index in [4.69, 9.17) is 0 Å². The molecule has 0 spiro atoms. The molecule has 1 heterocycles. The first-order valence-electron chi connectivity index (χ1n) is 9.66. The van der Waals surface area contributed by atoms with Gasteiger partial charge < -0.3 is 5.32 Å². The molecule has 0 bridgehead atoms. The van der Waals surface area contributed by atoms with Crippen LogP contribution in [0.4, 0.5) is 23.2 Å². The van der Waals surface area contributed by atoms with E-state index in [0.717, 1.165) is 37.8 Å². The predicted octanol–water partition coefficient (Wildman–Crippen LogP) is 4.63. The lowest BCUT2D eigenvalue weighted by molar-refractivity contribution is -0.117. The fraction of sp³-hybridized carbons (Fsp3) is 0.429. The zero-order valence-corrected chi connectivity index (χ0v) is 18.6. The van der Waals surface area contributed by atoms with Gasteiger partial charge in [-0.15, -0.1) is 12.4 Å². The number of sulfonamides is 1. The Morgan fingerprint density at radius 1 is 1.06 bits per heavy atom. The lowest BCUT2D eigenvalue weighted by atomic mass is 9.89. The van der Waals surface area contributed by atoms with Gasteiger partial charge in [-0.25, -0.2) is 12.8 Å². The van der Waals surface area contributed by atoms with Crippen molar-refractivity contribution in [1.82, 2.24) is 5.32 Å². The maximum absolute atomic E-state index is 14.8. The van der Waals surface area contributed by atoms with Crippen LogP contribution in [0.15, 0.2) is 42.5 Å². The van der Waals surface area contributed by atoms with Crippen molar-refractivity contribution in [1.29, 1.82) is 0 Å². The van der Waals surface area contributed by atoms with Gasteiger partial charge >= 0.3 is 6.18 Å². The second kappa shape index (κ2) is 10.2. The van der Waals surface area contributed by atoms with Gasteiger partial charge in [-0.05, 0) is 60.7 Å². The van der Waals surface area contributed by atoms with E-state index in [-0.39, 0.29) is 30.4 Å². The van der Waals surface area contributed by atoms with Crippen LogP contribution in [0.1, 0.15) is 35.4 Å². The SMILES string of the molecule is CS(=O)(=O)N(CC(F)(F)F)c1ccccc1Cc1ccc(C2CCNCC2)cc1F.Cl. The lowest BCUT2D eigenvalue weighted by Crippen LogP contribution is -2.39. The topological polar surface area (TPSA) is 49.4 Å². The summed E-state index contributed by atoms with van der Waals surface area (Å²) in [5.41, 5.74) is 1.42. The molecule has 0 atom stereocenters. The van der Waals surface area contributed by atoms with Gasteiger partial charge in [-0.1, -0.05) is 30.3 Å². The van der Waals surface area contributed by atoms with Gasteiger partial charge in [0, 0.05) is 6.42 Å². The van der Waals surface area contributed by atoms with Crippen LogP contribution >= 0.6 is 12.4 Å². The molecule has 4 nitrogen and oxygen atoms in total. The van der Waals surface area contributed by atoms with Crippen LogP contribution in [-0.4, -0.2) is 40.5 Å².